The molecule has 0 aliphatic carbocycles. The van der Waals surface area contributed by atoms with Crippen LogP contribution in [0.15, 0.2) is 12.3 Å². The van der Waals surface area contributed by atoms with E-state index in [9.17, 15) is 14.9 Å². The van der Waals surface area contributed by atoms with Gasteiger partial charge < -0.3 is 9.47 Å². The van der Waals surface area contributed by atoms with Gasteiger partial charge in [0.05, 0.1) is 8.07 Å². The summed E-state index contributed by atoms with van der Waals surface area (Å²) in [5.74, 6) is -0.672. The number of hydrogen-bond acceptors (Lipinski definition) is 6. The fourth-order valence-corrected chi connectivity index (χ4v) is 1.84. The van der Waals surface area contributed by atoms with Gasteiger partial charge >= 0.3 is 5.97 Å². The Morgan fingerprint density at radius 1 is 1.52 bits per heavy atom. The van der Waals surface area contributed by atoms with Crippen molar-refractivity contribution in [3.05, 3.63) is 28.1 Å². The van der Waals surface area contributed by atoms with Crippen LogP contribution in [0.4, 0.5) is 0 Å². The van der Waals surface area contributed by atoms with Gasteiger partial charge in [0.1, 0.15) is 6.73 Å². The Bertz CT molecular complexity index is 497. The lowest BCUT2D eigenvalue weighted by molar-refractivity contribution is -0.482. The zero-order valence-corrected chi connectivity index (χ0v) is 13.7. The lowest BCUT2D eigenvalue weighted by Crippen LogP contribution is -2.38. The Balaban J connectivity index is 2.46. The number of nitrogens with zero attached hydrogens (tertiary/aromatic N) is 3. The molecule has 0 radical (unpaired) electrons. The molecule has 118 valence electrons. The van der Waals surface area contributed by atoms with Crippen LogP contribution in [0.25, 0.3) is 0 Å². The molecule has 0 spiro atoms. The van der Waals surface area contributed by atoms with Crippen molar-refractivity contribution in [1.29, 1.82) is 0 Å². The monoisotopic (exact) mass is 315 g/mol. The quantitative estimate of drug-likeness (QED) is 0.312. The highest BCUT2D eigenvalue weighted by atomic mass is 28.3. The summed E-state index contributed by atoms with van der Waals surface area (Å²) in [7, 11) is -1.38. The van der Waals surface area contributed by atoms with E-state index in [0.717, 1.165) is 0 Å². The van der Waals surface area contributed by atoms with Gasteiger partial charge in [-0.1, -0.05) is 19.6 Å². The van der Waals surface area contributed by atoms with Crippen LogP contribution in [-0.2, 0) is 16.2 Å². The van der Waals surface area contributed by atoms with Crippen molar-refractivity contribution >= 4 is 14.0 Å². The first kappa shape index (κ1) is 17.3. The van der Waals surface area contributed by atoms with Crippen LogP contribution in [0.5, 0.6) is 0 Å². The molecule has 0 N–H and O–H groups in total. The average molecular weight is 315 g/mol. The lowest BCUT2D eigenvalue weighted by atomic mass is 10.4. The van der Waals surface area contributed by atoms with E-state index >= 15 is 0 Å². The number of aromatic nitrogens is 2. The number of hydrogen-bond donors (Lipinski definition) is 0. The van der Waals surface area contributed by atoms with Gasteiger partial charge in [0, 0.05) is 16.8 Å². The first-order chi connectivity index (χ1) is 9.70. The minimum absolute atomic E-state index is 0.114. The SMILES string of the molecule is CC(OCn1ccc(C(=O)OCC[N+](=O)[O-])n1)[Si](C)(C)C. The Labute approximate surface area is 124 Å². The van der Waals surface area contributed by atoms with Crippen molar-refractivity contribution in [3.63, 3.8) is 0 Å². The standard InChI is InChI=1S/C12H21N3O5Si/c1-10(21(2,3)4)20-9-14-6-5-11(13-14)12(16)19-8-7-15(17)18/h5-6,10H,7-9H2,1-4H3. The fraction of sp³-hybridized carbons (Fsp3) is 0.667. The van der Waals surface area contributed by atoms with E-state index in [1.807, 2.05) is 6.92 Å². The predicted molar refractivity (Wildman–Crippen MR) is 78.3 cm³/mol. The molecule has 0 aromatic carbocycles. The van der Waals surface area contributed by atoms with E-state index in [4.69, 9.17) is 9.47 Å². The number of ether oxygens (including phenoxy) is 2. The van der Waals surface area contributed by atoms with E-state index in [1.54, 1.807) is 6.20 Å². The fourth-order valence-electron chi connectivity index (χ4n) is 1.27. The molecule has 0 saturated heterocycles. The second kappa shape index (κ2) is 7.32. The summed E-state index contributed by atoms with van der Waals surface area (Å²) in [6, 6.07) is 1.50. The minimum Gasteiger partial charge on any atom is -0.454 e. The molecule has 8 nitrogen and oxygen atoms in total. The Morgan fingerprint density at radius 3 is 2.76 bits per heavy atom. The van der Waals surface area contributed by atoms with Gasteiger partial charge in [-0.25, -0.2) is 9.48 Å². The van der Waals surface area contributed by atoms with Crippen molar-refractivity contribution in [2.24, 2.45) is 0 Å². The Morgan fingerprint density at radius 2 is 2.19 bits per heavy atom. The number of carbonyl (C=O) groups is 1. The molecule has 1 aromatic heterocycles. The summed E-state index contributed by atoms with van der Waals surface area (Å²) in [6.45, 7) is 8.23. The maximum atomic E-state index is 11.6. The number of carbonyl (C=O) groups excluding carboxylic acids is 1. The molecular formula is C12H21N3O5Si. The maximum absolute atomic E-state index is 11.6. The molecule has 0 saturated carbocycles. The van der Waals surface area contributed by atoms with Crippen molar-refractivity contribution in [1.82, 2.24) is 9.78 Å². The maximum Gasteiger partial charge on any atom is 0.359 e. The third-order valence-electron chi connectivity index (χ3n) is 3.03. The van der Waals surface area contributed by atoms with Gasteiger partial charge in [-0.15, -0.1) is 0 Å². The number of esters is 1. The van der Waals surface area contributed by atoms with Gasteiger partial charge in [-0.3, -0.25) is 10.1 Å². The summed E-state index contributed by atoms with van der Waals surface area (Å²) >= 11 is 0. The van der Waals surface area contributed by atoms with Crippen LogP contribution < -0.4 is 0 Å². The summed E-state index contributed by atoms with van der Waals surface area (Å²) in [6.07, 6.45) is 1.61. The van der Waals surface area contributed by atoms with E-state index in [1.165, 1.54) is 10.7 Å². The van der Waals surface area contributed by atoms with E-state index in [0.29, 0.717) is 0 Å². The zero-order valence-electron chi connectivity index (χ0n) is 12.7. The minimum atomic E-state index is -1.38. The molecular weight excluding hydrogens is 294 g/mol. The molecule has 1 atom stereocenters. The summed E-state index contributed by atoms with van der Waals surface area (Å²) < 4.78 is 12.0. The smallest absolute Gasteiger partial charge is 0.359 e. The highest BCUT2D eigenvalue weighted by Crippen LogP contribution is 2.11. The van der Waals surface area contributed by atoms with E-state index in [2.05, 4.69) is 24.7 Å². The van der Waals surface area contributed by atoms with Gasteiger partial charge in [0.2, 0.25) is 6.54 Å². The number of nitro groups is 1. The van der Waals surface area contributed by atoms with Crippen molar-refractivity contribution in [2.45, 2.75) is 39.0 Å². The molecule has 1 aromatic rings. The highest BCUT2D eigenvalue weighted by Gasteiger charge is 2.23. The lowest BCUT2D eigenvalue weighted by Gasteiger charge is -2.25. The molecule has 0 amide bonds. The predicted octanol–water partition coefficient (Wildman–Crippen LogP) is 1.56. The van der Waals surface area contributed by atoms with Gasteiger partial charge in [0.25, 0.3) is 0 Å². The third-order valence-corrected chi connectivity index (χ3v) is 5.64. The molecule has 21 heavy (non-hydrogen) atoms. The van der Waals surface area contributed by atoms with Gasteiger partial charge in [-0.2, -0.15) is 5.10 Å². The van der Waals surface area contributed by atoms with Crippen molar-refractivity contribution < 1.29 is 19.2 Å². The molecule has 0 aliphatic rings. The Hall–Kier alpha value is -1.74. The van der Waals surface area contributed by atoms with Crippen LogP contribution >= 0.6 is 0 Å². The van der Waals surface area contributed by atoms with Crippen LogP contribution in [0, 0.1) is 10.1 Å². The van der Waals surface area contributed by atoms with E-state index < -0.39 is 25.5 Å². The first-order valence-corrected chi connectivity index (χ1v) is 10.2. The van der Waals surface area contributed by atoms with Crippen molar-refractivity contribution in [2.75, 3.05) is 13.2 Å². The molecule has 1 unspecified atom stereocenters. The molecule has 9 heteroatoms. The van der Waals surface area contributed by atoms with Crippen LogP contribution in [0.2, 0.25) is 19.6 Å². The second-order valence-electron chi connectivity index (χ2n) is 5.74. The third kappa shape index (κ3) is 6.04. The first-order valence-electron chi connectivity index (χ1n) is 6.64. The van der Waals surface area contributed by atoms with Gasteiger partial charge in [0.15, 0.2) is 12.3 Å². The van der Waals surface area contributed by atoms with Crippen LogP contribution in [-0.4, -0.2) is 47.6 Å². The van der Waals surface area contributed by atoms with E-state index in [-0.39, 0.29) is 24.8 Å². The molecule has 0 bridgehead atoms. The Kier molecular flexibility index (Phi) is 6.03. The topological polar surface area (TPSA) is 96.5 Å². The van der Waals surface area contributed by atoms with Gasteiger partial charge in [-0.05, 0) is 13.0 Å². The summed E-state index contributed by atoms with van der Waals surface area (Å²) in [4.78, 5) is 21.2. The number of rotatable bonds is 8. The largest absolute Gasteiger partial charge is 0.454 e. The molecule has 1 heterocycles. The normalized spacial score (nSPS) is 13.0. The van der Waals surface area contributed by atoms with Crippen LogP contribution in [0.3, 0.4) is 0 Å². The zero-order chi connectivity index (χ0) is 16.0. The van der Waals surface area contributed by atoms with Crippen molar-refractivity contribution in [3.8, 4) is 0 Å². The highest BCUT2D eigenvalue weighted by molar-refractivity contribution is 6.77. The molecule has 0 aliphatic heterocycles. The summed E-state index contributed by atoms with van der Waals surface area (Å²) in [5.41, 5.74) is 0.278. The molecule has 1 rings (SSSR count). The summed E-state index contributed by atoms with van der Waals surface area (Å²) in [5, 5.41) is 14.2. The van der Waals surface area contributed by atoms with Crippen LogP contribution in [0.1, 0.15) is 17.4 Å². The average Bonchev–Trinajstić information content (AvgIpc) is 2.82. The second-order valence-corrected chi connectivity index (χ2v) is 11.3. The molecule has 0 fully saturated rings.